The lowest BCUT2D eigenvalue weighted by atomic mass is 10.1. The normalized spacial score (nSPS) is 13.6. The van der Waals surface area contributed by atoms with Crippen LogP contribution in [0.15, 0.2) is 28.9 Å². The molecule has 102 valence electrons. The van der Waals surface area contributed by atoms with Crippen LogP contribution >= 0.6 is 15.9 Å². The first-order chi connectivity index (χ1) is 8.79. The van der Waals surface area contributed by atoms with E-state index in [2.05, 4.69) is 26.2 Å². The minimum absolute atomic E-state index is 0.143. The molecule has 2 aromatic rings. The second-order valence-electron chi connectivity index (χ2n) is 3.92. The molecule has 19 heavy (non-hydrogen) atoms. The second-order valence-corrected chi connectivity index (χ2v) is 4.84. The van der Waals surface area contributed by atoms with E-state index in [0.717, 1.165) is 10.7 Å². The lowest BCUT2D eigenvalue weighted by Gasteiger charge is -2.12. The lowest BCUT2D eigenvalue weighted by Crippen LogP contribution is -2.11. The van der Waals surface area contributed by atoms with Gasteiger partial charge in [0.25, 0.3) is 0 Å². The summed E-state index contributed by atoms with van der Waals surface area (Å²) in [6, 6.07) is 3.74. The number of halogens is 4. The Balaban J connectivity index is 2.55. The summed E-state index contributed by atoms with van der Waals surface area (Å²) in [4.78, 5) is 0. The Morgan fingerprint density at radius 1 is 1.37 bits per heavy atom. The van der Waals surface area contributed by atoms with Gasteiger partial charge in [0, 0.05) is 4.47 Å². The highest BCUT2D eigenvalue weighted by atomic mass is 79.9. The highest BCUT2D eigenvalue weighted by molar-refractivity contribution is 9.10. The zero-order chi connectivity index (χ0) is 14.2. The standard InChI is InChI=1S/C11H9BrF3N3O/c1-6(19)9-5-18(17-16-9)10-3-2-7(12)4-8(10)11(13,14)15/h2-6,19H,1H3. The van der Waals surface area contributed by atoms with E-state index in [9.17, 15) is 18.3 Å². The molecule has 0 saturated carbocycles. The molecule has 1 aromatic heterocycles. The molecule has 0 radical (unpaired) electrons. The summed E-state index contributed by atoms with van der Waals surface area (Å²) in [5, 5.41) is 16.5. The third-order valence-corrected chi connectivity index (χ3v) is 2.94. The van der Waals surface area contributed by atoms with Crippen LogP contribution in [0.3, 0.4) is 0 Å². The highest BCUT2D eigenvalue weighted by Gasteiger charge is 2.34. The van der Waals surface area contributed by atoms with E-state index in [1.54, 1.807) is 0 Å². The number of aliphatic hydroxyl groups excluding tert-OH is 1. The average molecular weight is 336 g/mol. The molecule has 1 aromatic carbocycles. The zero-order valence-electron chi connectivity index (χ0n) is 9.69. The highest BCUT2D eigenvalue weighted by Crippen LogP contribution is 2.35. The Morgan fingerprint density at radius 3 is 2.58 bits per heavy atom. The maximum absolute atomic E-state index is 12.9. The third kappa shape index (κ3) is 2.95. The number of hydrogen-bond acceptors (Lipinski definition) is 3. The molecule has 1 heterocycles. The van der Waals surface area contributed by atoms with Crippen LogP contribution in [-0.4, -0.2) is 20.1 Å². The number of benzene rings is 1. The van der Waals surface area contributed by atoms with E-state index in [0.29, 0.717) is 4.47 Å². The predicted octanol–water partition coefficient (Wildman–Crippen LogP) is 3.10. The van der Waals surface area contributed by atoms with Crippen LogP contribution in [0, 0.1) is 0 Å². The minimum Gasteiger partial charge on any atom is -0.387 e. The zero-order valence-corrected chi connectivity index (χ0v) is 11.3. The van der Waals surface area contributed by atoms with Crippen LogP contribution in [0.25, 0.3) is 5.69 Å². The minimum atomic E-state index is -4.50. The summed E-state index contributed by atoms with van der Waals surface area (Å²) in [6.07, 6.45) is -4.13. The van der Waals surface area contributed by atoms with Crippen molar-refractivity contribution in [1.82, 2.24) is 15.0 Å². The molecule has 0 aliphatic carbocycles. The van der Waals surface area contributed by atoms with E-state index in [1.165, 1.54) is 25.3 Å². The molecule has 0 bridgehead atoms. The van der Waals surface area contributed by atoms with Gasteiger partial charge < -0.3 is 5.11 Å². The van der Waals surface area contributed by atoms with Crippen LogP contribution in [0.2, 0.25) is 0 Å². The average Bonchev–Trinajstić information content (AvgIpc) is 2.77. The van der Waals surface area contributed by atoms with Crippen LogP contribution < -0.4 is 0 Å². The van der Waals surface area contributed by atoms with E-state index in [1.807, 2.05) is 0 Å². The summed E-state index contributed by atoms with van der Waals surface area (Å²) in [5.41, 5.74) is -0.768. The first kappa shape index (κ1) is 14.0. The SMILES string of the molecule is CC(O)c1cn(-c2ccc(Br)cc2C(F)(F)F)nn1. The summed E-state index contributed by atoms with van der Waals surface area (Å²) in [6.45, 7) is 1.46. The Morgan fingerprint density at radius 2 is 2.05 bits per heavy atom. The van der Waals surface area contributed by atoms with E-state index < -0.39 is 17.8 Å². The molecule has 0 spiro atoms. The quantitative estimate of drug-likeness (QED) is 0.917. The Kier molecular flexibility index (Phi) is 3.64. The number of alkyl halides is 3. The lowest BCUT2D eigenvalue weighted by molar-refractivity contribution is -0.137. The van der Waals surface area contributed by atoms with Gasteiger partial charge in [0.15, 0.2) is 0 Å². The fourth-order valence-corrected chi connectivity index (χ4v) is 1.88. The Hall–Kier alpha value is -1.41. The molecule has 1 N–H and O–H groups in total. The van der Waals surface area contributed by atoms with E-state index in [4.69, 9.17) is 0 Å². The fraction of sp³-hybridized carbons (Fsp3) is 0.273. The summed E-state index contributed by atoms with van der Waals surface area (Å²) in [7, 11) is 0. The predicted molar refractivity (Wildman–Crippen MR) is 64.7 cm³/mol. The maximum atomic E-state index is 12.9. The second kappa shape index (κ2) is 4.93. The molecule has 0 amide bonds. The number of rotatable bonds is 2. The van der Waals surface area contributed by atoms with Gasteiger partial charge in [-0.2, -0.15) is 13.2 Å². The smallest absolute Gasteiger partial charge is 0.387 e. The van der Waals surface area contributed by atoms with Gasteiger partial charge in [0.1, 0.15) is 5.69 Å². The molecule has 0 aliphatic rings. The molecule has 8 heteroatoms. The summed E-state index contributed by atoms with van der Waals surface area (Å²) in [5.74, 6) is 0. The van der Waals surface area contributed by atoms with Gasteiger partial charge in [-0.1, -0.05) is 21.1 Å². The van der Waals surface area contributed by atoms with Crippen LogP contribution in [0.4, 0.5) is 13.2 Å². The van der Waals surface area contributed by atoms with Crippen molar-refractivity contribution in [2.45, 2.75) is 19.2 Å². The molecule has 0 saturated heterocycles. The van der Waals surface area contributed by atoms with Crippen LogP contribution in [-0.2, 0) is 6.18 Å². The molecule has 4 nitrogen and oxygen atoms in total. The first-order valence-corrected chi connectivity index (χ1v) is 6.06. The van der Waals surface area contributed by atoms with Gasteiger partial charge in [0.05, 0.1) is 23.6 Å². The van der Waals surface area contributed by atoms with Crippen molar-refractivity contribution in [3.8, 4) is 5.69 Å². The van der Waals surface area contributed by atoms with Crippen molar-refractivity contribution in [1.29, 1.82) is 0 Å². The molecule has 2 rings (SSSR count). The van der Waals surface area contributed by atoms with Gasteiger partial charge in [-0.3, -0.25) is 0 Å². The van der Waals surface area contributed by atoms with Crippen molar-refractivity contribution < 1.29 is 18.3 Å². The Labute approximate surface area is 115 Å². The number of aliphatic hydroxyl groups is 1. The van der Waals surface area contributed by atoms with Crippen LogP contribution in [0.1, 0.15) is 24.3 Å². The largest absolute Gasteiger partial charge is 0.418 e. The van der Waals surface area contributed by atoms with Crippen molar-refractivity contribution in [2.75, 3.05) is 0 Å². The molecule has 1 unspecified atom stereocenters. The molecule has 1 atom stereocenters. The number of nitrogens with zero attached hydrogens (tertiary/aromatic N) is 3. The van der Waals surface area contributed by atoms with Gasteiger partial charge in [-0.15, -0.1) is 5.10 Å². The van der Waals surface area contributed by atoms with Crippen molar-refractivity contribution in [3.05, 3.63) is 40.1 Å². The third-order valence-electron chi connectivity index (χ3n) is 2.45. The van der Waals surface area contributed by atoms with E-state index in [-0.39, 0.29) is 11.4 Å². The molecule has 0 fully saturated rings. The van der Waals surface area contributed by atoms with Crippen molar-refractivity contribution >= 4 is 15.9 Å². The fourth-order valence-electron chi connectivity index (χ4n) is 1.52. The van der Waals surface area contributed by atoms with Crippen LogP contribution in [0.5, 0.6) is 0 Å². The molecular weight excluding hydrogens is 327 g/mol. The number of hydrogen-bond donors (Lipinski definition) is 1. The molecular formula is C11H9BrF3N3O. The Bertz CT molecular complexity index is 595. The van der Waals surface area contributed by atoms with Crippen molar-refractivity contribution in [2.24, 2.45) is 0 Å². The summed E-state index contributed by atoms with van der Waals surface area (Å²) < 4.78 is 40.2. The van der Waals surface area contributed by atoms with Gasteiger partial charge in [-0.05, 0) is 25.1 Å². The van der Waals surface area contributed by atoms with E-state index >= 15 is 0 Å². The molecule has 0 aliphatic heterocycles. The van der Waals surface area contributed by atoms with Gasteiger partial charge in [-0.25, -0.2) is 4.68 Å². The first-order valence-electron chi connectivity index (χ1n) is 5.26. The maximum Gasteiger partial charge on any atom is 0.418 e. The topological polar surface area (TPSA) is 50.9 Å². The van der Waals surface area contributed by atoms with Gasteiger partial charge in [0.2, 0.25) is 0 Å². The van der Waals surface area contributed by atoms with Crippen molar-refractivity contribution in [3.63, 3.8) is 0 Å². The van der Waals surface area contributed by atoms with Gasteiger partial charge >= 0.3 is 6.18 Å². The number of aromatic nitrogens is 3. The monoisotopic (exact) mass is 335 g/mol. The summed E-state index contributed by atoms with van der Waals surface area (Å²) >= 11 is 3.00.